The number of aliphatic hydroxyl groups is 2. The van der Waals surface area contributed by atoms with Crippen LogP contribution < -0.4 is 5.32 Å². The second-order valence-electron chi connectivity index (χ2n) is 13.3. The van der Waals surface area contributed by atoms with E-state index < -0.39 is 35.9 Å². The first kappa shape index (κ1) is 40.6. The van der Waals surface area contributed by atoms with Crippen molar-refractivity contribution in [2.45, 2.75) is 187 Å². The molecule has 250 valence electrons. The zero-order chi connectivity index (χ0) is 31.6. The van der Waals surface area contributed by atoms with Crippen LogP contribution in [0.5, 0.6) is 0 Å². The van der Waals surface area contributed by atoms with Crippen molar-refractivity contribution in [1.29, 1.82) is 0 Å². The normalized spacial score (nSPS) is 14.1. The molecule has 0 rings (SSSR count). The average Bonchev–Trinajstić information content (AvgIpc) is 2.90. The van der Waals surface area contributed by atoms with E-state index in [4.69, 9.17) is 4.74 Å². The van der Waals surface area contributed by atoms with Crippen molar-refractivity contribution in [3.63, 3.8) is 0 Å². The SMILES string of the molecule is CCCCCCCCCC[C@H](O)CN(CCCC[C@H](NC(=O)OC(C)(C)C)C(=O)O)C[C@@H](O)CCCCCCCCC. The fourth-order valence-electron chi connectivity index (χ4n) is 5.28. The van der Waals surface area contributed by atoms with Crippen LogP contribution in [0.1, 0.15) is 163 Å². The number of amides is 1. The summed E-state index contributed by atoms with van der Waals surface area (Å²) in [7, 11) is 0. The highest BCUT2D eigenvalue weighted by atomic mass is 16.6. The van der Waals surface area contributed by atoms with Crippen LogP contribution in [0.4, 0.5) is 4.79 Å². The summed E-state index contributed by atoms with van der Waals surface area (Å²) in [5.41, 5.74) is -0.695. The molecule has 8 heteroatoms. The summed E-state index contributed by atoms with van der Waals surface area (Å²) in [6.07, 6.45) is 19.9. The summed E-state index contributed by atoms with van der Waals surface area (Å²) in [4.78, 5) is 25.9. The first-order chi connectivity index (χ1) is 20.0. The molecule has 8 nitrogen and oxygen atoms in total. The molecule has 0 spiro atoms. The number of unbranched alkanes of at least 4 members (excludes halogenated alkanes) is 14. The summed E-state index contributed by atoms with van der Waals surface area (Å²) in [5, 5.41) is 33.5. The molecular formula is C34H68N2O6. The van der Waals surface area contributed by atoms with Crippen molar-refractivity contribution in [1.82, 2.24) is 10.2 Å². The van der Waals surface area contributed by atoms with Gasteiger partial charge in [0.15, 0.2) is 0 Å². The maximum Gasteiger partial charge on any atom is 0.408 e. The standard InChI is InChI=1S/C34H68N2O6/c1-6-8-10-12-14-16-18-20-24-30(38)28-36(27-29(37)23-19-17-15-13-11-9-7-2)26-22-21-25-31(32(39)40)35-33(41)42-34(3,4)5/h29-31,37-38H,6-28H2,1-5H3,(H,35,41)(H,39,40)/t29-,30-,31-/m0/s1. The molecule has 0 aromatic rings. The number of hydrogen-bond donors (Lipinski definition) is 4. The van der Waals surface area contributed by atoms with Crippen LogP contribution in [0.15, 0.2) is 0 Å². The number of carbonyl (C=O) groups is 2. The second kappa shape index (κ2) is 26.1. The predicted molar refractivity (Wildman–Crippen MR) is 173 cm³/mol. The molecule has 0 radical (unpaired) electrons. The smallest absolute Gasteiger partial charge is 0.408 e. The van der Waals surface area contributed by atoms with Gasteiger partial charge in [-0.15, -0.1) is 0 Å². The Kier molecular flexibility index (Phi) is 25.2. The highest BCUT2D eigenvalue weighted by Gasteiger charge is 2.24. The minimum atomic E-state index is -1.08. The van der Waals surface area contributed by atoms with Gasteiger partial charge in [0.1, 0.15) is 11.6 Å². The van der Waals surface area contributed by atoms with Crippen LogP contribution in [-0.2, 0) is 9.53 Å². The van der Waals surface area contributed by atoms with Crippen molar-refractivity contribution in [2.75, 3.05) is 19.6 Å². The molecule has 0 unspecified atom stereocenters. The molecule has 0 aromatic heterocycles. The third-order valence-corrected chi connectivity index (χ3v) is 7.68. The van der Waals surface area contributed by atoms with E-state index in [0.29, 0.717) is 38.9 Å². The van der Waals surface area contributed by atoms with Gasteiger partial charge in [-0.05, 0) is 59.4 Å². The van der Waals surface area contributed by atoms with E-state index in [1.54, 1.807) is 20.8 Å². The molecule has 0 heterocycles. The molecule has 0 bridgehead atoms. The third-order valence-electron chi connectivity index (χ3n) is 7.68. The third kappa shape index (κ3) is 26.3. The zero-order valence-corrected chi connectivity index (χ0v) is 28.0. The van der Waals surface area contributed by atoms with Crippen LogP contribution in [0.3, 0.4) is 0 Å². The highest BCUT2D eigenvalue weighted by molar-refractivity contribution is 5.79. The largest absolute Gasteiger partial charge is 0.480 e. The molecule has 4 N–H and O–H groups in total. The second-order valence-corrected chi connectivity index (χ2v) is 13.3. The molecule has 0 aliphatic rings. The zero-order valence-electron chi connectivity index (χ0n) is 28.0. The lowest BCUT2D eigenvalue weighted by molar-refractivity contribution is -0.139. The number of rotatable bonds is 28. The molecule has 0 fully saturated rings. The van der Waals surface area contributed by atoms with Gasteiger partial charge in [-0.3, -0.25) is 4.90 Å². The number of nitrogens with one attached hydrogen (secondary N) is 1. The van der Waals surface area contributed by atoms with Crippen molar-refractivity contribution in [3.8, 4) is 0 Å². The van der Waals surface area contributed by atoms with Gasteiger partial charge in [0, 0.05) is 13.1 Å². The van der Waals surface area contributed by atoms with E-state index in [-0.39, 0.29) is 0 Å². The molecule has 1 amide bonds. The number of aliphatic hydroxyl groups excluding tert-OH is 2. The van der Waals surface area contributed by atoms with Gasteiger partial charge in [-0.1, -0.05) is 110 Å². The summed E-state index contributed by atoms with van der Waals surface area (Å²) in [6.45, 7) is 11.4. The first-order valence-corrected chi connectivity index (χ1v) is 17.3. The Morgan fingerprint density at radius 2 is 1.07 bits per heavy atom. The quantitative estimate of drug-likeness (QED) is 0.0676. The molecular weight excluding hydrogens is 532 g/mol. The monoisotopic (exact) mass is 601 g/mol. The van der Waals surface area contributed by atoms with E-state index in [1.165, 1.54) is 70.6 Å². The Hall–Kier alpha value is -1.38. The van der Waals surface area contributed by atoms with E-state index in [2.05, 4.69) is 24.1 Å². The number of ether oxygens (including phenoxy) is 1. The molecule has 0 aliphatic heterocycles. The van der Waals surface area contributed by atoms with Crippen molar-refractivity contribution >= 4 is 12.1 Å². The maximum atomic E-state index is 12.1. The molecule has 0 aromatic carbocycles. The average molecular weight is 601 g/mol. The number of hydrogen-bond acceptors (Lipinski definition) is 6. The molecule has 42 heavy (non-hydrogen) atoms. The van der Waals surface area contributed by atoms with Gasteiger partial charge in [0.05, 0.1) is 12.2 Å². The van der Waals surface area contributed by atoms with Gasteiger partial charge in [0.25, 0.3) is 0 Å². The number of carbonyl (C=O) groups excluding carboxylic acids is 1. The summed E-state index contributed by atoms with van der Waals surface area (Å²) >= 11 is 0. The number of carboxylic acids is 1. The number of aliphatic carboxylic acids is 1. The Balaban J connectivity index is 4.68. The predicted octanol–water partition coefficient (Wildman–Crippen LogP) is 7.83. The van der Waals surface area contributed by atoms with Crippen molar-refractivity contribution < 1.29 is 29.6 Å². The lowest BCUT2D eigenvalue weighted by atomic mass is 10.0. The molecule has 0 aliphatic carbocycles. The van der Waals surface area contributed by atoms with E-state index in [9.17, 15) is 24.9 Å². The van der Waals surface area contributed by atoms with E-state index >= 15 is 0 Å². The van der Waals surface area contributed by atoms with Gasteiger partial charge in [-0.25, -0.2) is 9.59 Å². The lowest BCUT2D eigenvalue weighted by Crippen LogP contribution is -2.43. The lowest BCUT2D eigenvalue weighted by Gasteiger charge is -2.28. The minimum Gasteiger partial charge on any atom is -0.480 e. The van der Waals surface area contributed by atoms with Gasteiger partial charge in [-0.2, -0.15) is 0 Å². The fourth-order valence-corrected chi connectivity index (χ4v) is 5.28. The Bertz CT molecular complexity index is 654. The van der Waals surface area contributed by atoms with Crippen LogP contribution in [0, 0.1) is 0 Å². The van der Waals surface area contributed by atoms with E-state index in [0.717, 1.165) is 38.5 Å². The minimum absolute atomic E-state index is 0.295. The Labute approximate surface area is 258 Å². The molecule has 0 saturated carbocycles. The number of nitrogens with zero attached hydrogens (tertiary/aromatic N) is 1. The Morgan fingerprint density at radius 3 is 1.48 bits per heavy atom. The Morgan fingerprint density at radius 1 is 0.667 bits per heavy atom. The van der Waals surface area contributed by atoms with Crippen molar-refractivity contribution in [2.24, 2.45) is 0 Å². The van der Waals surface area contributed by atoms with Crippen molar-refractivity contribution in [3.05, 3.63) is 0 Å². The van der Waals surface area contributed by atoms with E-state index in [1.807, 2.05) is 0 Å². The van der Waals surface area contributed by atoms with Crippen LogP contribution in [0.2, 0.25) is 0 Å². The maximum absolute atomic E-state index is 12.1. The molecule has 0 saturated heterocycles. The van der Waals surface area contributed by atoms with Crippen LogP contribution in [-0.4, -0.2) is 75.8 Å². The van der Waals surface area contributed by atoms with Crippen LogP contribution in [0.25, 0.3) is 0 Å². The van der Waals surface area contributed by atoms with Crippen LogP contribution >= 0.6 is 0 Å². The van der Waals surface area contributed by atoms with Gasteiger partial charge >= 0.3 is 12.1 Å². The highest BCUT2D eigenvalue weighted by Crippen LogP contribution is 2.15. The molecule has 3 atom stereocenters. The topological polar surface area (TPSA) is 119 Å². The van der Waals surface area contributed by atoms with Gasteiger partial charge < -0.3 is 25.4 Å². The number of carboxylic acid groups (broad SMARTS) is 1. The summed E-state index contributed by atoms with van der Waals surface area (Å²) in [6, 6.07) is -1.01. The summed E-state index contributed by atoms with van der Waals surface area (Å²) in [5.74, 6) is -1.08. The summed E-state index contributed by atoms with van der Waals surface area (Å²) < 4.78 is 5.21. The fraction of sp³-hybridized carbons (Fsp3) is 0.941. The number of alkyl carbamates (subject to hydrolysis) is 1. The first-order valence-electron chi connectivity index (χ1n) is 17.3. The van der Waals surface area contributed by atoms with Gasteiger partial charge in [0.2, 0.25) is 0 Å².